The number of aliphatic imine (C=N–C) groups is 1. The molecule has 9 heteroatoms. The van der Waals surface area contributed by atoms with Gasteiger partial charge in [0.05, 0.1) is 23.8 Å². The third-order valence-corrected chi connectivity index (χ3v) is 7.54. The molecule has 2 aromatic rings. The molecule has 1 aromatic carbocycles. The van der Waals surface area contributed by atoms with Crippen molar-refractivity contribution in [3.63, 3.8) is 0 Å². The Labute approximate surface area is 184 Å². The molecule has 2 fully saturated rings. The molecule has 31 heavy (non-hydrogen) atoms. The smallest absolute Gasteiger partial charge is 0.240 e. The molecule has 0 bridgehead atoms. The summed E-state index contributed by atoms with van der Waals surface area (Å²) >= 11 is 0. The number of sulfonamides is 1. The van der Waals surface area contributed by atoms with E-state index in [4.69, 9.17) is 4.99 Å². The third-order valence-electron chi connectivity index (χ3n) is 6.01. The Kier molecular flexibility index (Phi) is 6.62. The van der Waals surface area contributed by atoms with Crippen molar-refractivity contribution in [3.8, 4) is 0 Å². The average molecular weight is 445 g/mol. The lowest BCUT2D eigenvalue weighted by Gasteiger charge is -2.39. The van der Waals surface area contributed by atoms with Gasteiger partial charge in [-0.05, 0) is 49.8 Å². The van der Waals surface area contributed by atoms with Crippen molar-refractivity contribution in [2.75, 3.05) is 19.6 Å². The van der Waals surface area contributed by atoms with Crippen LogP contribution in [0.5, 0.6) is 0 Å². The van der Waals surface area contributed by atoms with Gasteiger partial charge in [-0.3, -0.25) is 0 Å². The van der Waals surface area contributed by atoms with Crippen LogP contribution in [0.1, 0.15) is 44.7 Å². The molecule has 2 unspecified atom stereocenters. The second-order valence-corrected chi connectivity index (χ2v) is 10.2. The highest BCUT2D eigenvalue weighted by Gasteiger charge is 2.29. The molecular formula is C22H32N6O2S. The molecule has 8 nitrogen and oxygen atoms in total. The Bertz CT molecular complexity index is 984. The molecule has 0 spiro atoms. The van der Waals surface area contributed by atoms with Crippen LogP contribution < -0.4 is 10.0 Å². The zero-order valence-corrected chi connectivity index (χ0v) is 19.1. The molecule has 1 aliphatic heterocycles. The Morgan fingerprint density at radius 2 is 2.00 bits per heavy atom. The summed E-state index contributed by atoms with van der Waals surface area (Å²) in [6.07, 6.45) is 8.69. The molecule has 1 saturated heterocycles. The van der Waals surface area contributed by atoms with E-state index in [2.05, 4.69) is 38.3 Å². The Balaban J connectivity index is 1.44. The van der Waals surface area contributed by atoms with E-state index in [0.717, 1.165) is 50.4 Å². The van der Waals surface area contributed by atoms with Crippen molar-refractivity contribution >= 4 is 16.0 Å². The summed E-state index contributed by atoms with van der Waals surface area (Å²) < 4.78 is 29.6. The van der Waals surface area contributed by atoms with Gasteiger partial charge in [0.2, 0.25) is 10.0 Å². The van der Waals surface area contributed by atoms with Gasteiger partial charge in [-0.1, -0.05) is 19.1 Å². The monoisotopic (exact) mass is 444 g/mol. The first-order chi connectivity index (χ1) is 15.0. The molecule has 0 amide bonds. The van der Waals surface area contributed by atoms with Gasteiger partial charge in [-0.15, -0.1) is 0 Å². The maximum Gasteiger partial charge on any atom is 0.240 e. The van der Waals surface area contributed by atoms with E-state index < -0.39 is 10.0 Å². The fourth-order valence-corrected chi connectivity index (χ4v) is 5.25. The molecule has 2 atom stereocenters. The Morgan fingerprint density at radius 3 is 2.65 bits per heavy atom. The van der Waals surface area contributed by atoms with Crippen LogP contribution in [0.4, 0.5) is 0 Å². The van der Waals surface area contributed by atoms with E-state index in [9.17, 15) is 8.42 Å². The number of hydrogen-bond acceptors (Lipinski definition) is 4. The highest BCUT2D eigenvalue weighted by Crippen LogP contribution is 2.27. The first-order valence-corrected chi connectivity index (χ1v) is 12.6. The van der Waals surface area contributed by atoms with Crippen molar-refractivity contribution in [2.45, 2.75) is 56.6 Å². The second kappa shape index (κ2) is 9.40. The summed E-state index contributed by atoms with van der Waals surface area (Å²) in [5.74, 6) is 1.47. The summed E-state index contributed by atoms with van der Waals surface area (Å²) in [5, 5.41) is 3.41. The van der Waals surface area contributed by atoms with Gasteiger partial charge in [0.15, 0.2) is 5.96 Å². The Morgan fingerprint density at radius 1 is 1.23 bits per heavy atom. The minimum Gasteiger partial charge on any atom is -0.357 e. The minimum absolute atomic E-state index is 0.107. The van der Waals surface area contributed by atoms with Crippen molar-refractivity contribution in [2.24, 2.45) is 10.9 Å². The first kappa shape index (κ1) is 21.8. The van der Waals surface area contributed by atoms with Gasteiger partial charge in [-0.25, -0.2) is 23.1 Å². The summed E-state index contributed by atoms with van der Waals surface area (Å²) in [7, 11) is -3.42. The number of likely N-dealkylation sites (tertiary alicyclic amines) is 1. The van der Waals surface area contributed by atoms with E-state index in [0.29, 0.717) is 23.4 Å². The van der Waals surface area contributed by atoms with Crippen LogP contribution in [-0.4, -0.2) is 54.5 Å². The molecule has 0 radical (unpaired) electrons. The summed E-state index contributed by atoms with van der Waals surface area (Å²) in [6, 6.07) is 7.50. The van der Waals surface area contributed by atoms with Crippen LogP contribution in [0.25, 0.3) is 0 Å². The van der Waals surface area contributed by atoms with Gasteiger partial charge in [0.25, 0.3) is 0 Å². The number of guanidine groups is 1. The van der Waals surface area contributed by atoms with Crippen LogP contribution in [-0.2, 0) is 16.6 Å². The number of nitrogens with zero attached hydrogens (tertiary/aromatic N) is 4. The number of piperidine rings is 1. The van der Waals surface area contributed by atoms with E-state index in [-0.39, 0.29) is 6.04 Å². The fraction of sp³-hybridized carbons (Fsp3) is 0.545. The van der Waals surface area contributed by atoms with Gasteiger partial charge in [-0.2, -0.15) is 0 Å². The van der Waals surface area contributed by atoms with Crippen LogP contribution in [0.15, 0.2) is 52.9 Å². The van der Waals surface area contributed by atoms with Crippen molar-refractivity contribution in [1.29, 1.82) is 0 Å². The highest BCUT2D eigenvalue weighted by molar-refractivity contribution is 7.89. The van der Waals surface area contributed by atoms with E-state index in [1.54, 1.807) is 12.1 Å². The van der Waals surface area contributed by atoms with Gasteiger partial charge in [0, 0.05) is 38.1 Å². The molecule has 168 valence electrons. The molecule has 2 heterocycles. The maximum absolute atomic E-state index is 12.3. The van der Waals surface area contributed by atoms with E-state index >= 15 is 0 Å². The molecular weight excluding hydrogens is 412 g/mol. The first-order valence-electron chi connectivity index (χ1n) is 11.1. The number of hydrogen-bond donors (Lipinski definition) is 2. The van der Waals surface area contributed by atoms with Gasteiger partial charge in [0.1, 0.15) is 0 Å². The number of rotatable bonds is 7. The molecule has 2 N–H and O–H groups in total. The normalized spacial score (nSPS) is 22.5. The van der Waals surface area contributed by atoms with Crippen LogP contribution >= 0.6 is 0 Å². The van der Waals surface area contributed by atoms with Crippen LogP contribution in [0.2, 0.25) is 0 Å². The lowest BCUT2D eigenvalue weighted by Crippen LogP contribution is -2.49. The van der Waals surface area contributed by atoms with E-state index in [1.165, 1.54) is 0 Å². The Hall–Kier alpha value is -2.39. The largest absolute Gasteiger partial charge is 0.357 e. The fourth-order valence-electron chi connectivity index (χ4n) is 3.95. The lowest BCUT2D eigenvalue weighted by molar-refractivity contribution is 0.189. The quantitative estimate of drug-likeness (QED) is 0.505. The summed E-state index contributed by atoms with van der Waals surface area (Å²) in [6.45, 7) is 7.50. The standard InChI is InChI=1S/C22H32N6O2S/c1-3-24-22(27-12-10-17(2)21(15-27)28-13-11-23-16-28)25-14-18-4-8-20(9-5-18)31(29,30)26-19-6-7-19/h4-5,8-9,11,13,16-17,19,21,26H,3,6-7,10,12,14-15H2,1-2H3,(H,24,25). The molecule has 1 aliphatic carbocycles. The molecule has 1 aromatic heterocycles. The number of benzene rings is 1. The zero-order valence-electron chi connectivity index (χ0n) is 18.2. The lowest BCUT2D eigenvalue weighted by atomic mass is 9.93. The number of nitrogens with one attached hydrogen (secondary N) is 2. The molecule has 1 saturated carbocycles. The predicted octanol–water partition coefficient (Wildman–Crippen LogP) is 2.37. The van der Waals surface area contributed by atoms with Crippen molar-refractivity contribution in [3.05, 3.63) is 48.5 Å². The predicted molar refractivity (Wildman–Crippen MR) is 121 cm³/mol. The summed E-state index contributed by atoms with van der Waals surface area (Å²) in [4.78, 5) is 11.7. The zero-order chi connectivity index (χ0) is 21.8. The number of aromatic nitrogens is 2. The van der Waals surface area contributed by atoms with Gasteiger partial charge >= 0.3 is 0 Å². The molecule has 2 aliphatic rings. The minimum atomic E-state index is -3.42. The van der Waals surface area contributed by atoms with E-state index in [1.807, 2.05) is 30.9 Å². The second-order valence-electron chi connectivity index (χ2n) is 8.50. The van der Waals surface area contributed by atoms with Crippen molar-refractivity contribution < 1.29 is 8.42 Å². The highest BCUT2D eigenvalue weighted by atomic mass is 32.2. The number of imidazole rings is 1. The summed E-state index contributed by atoms with van der Waals surface area (Å²) in [5.41, 5.74) is 0.984. The van der Waals surface area contributed by atoms with Crippen LogP contribution in [0, 0.1) is 5.92 Å². The topological polar surface area (TPSA) is 91.6 Å². The molecule has 4 rings (SSSR count). The maximum atomic E-state index is 12.3. The van der Waals surface area contributed by atoms with Gasteiger partial charge < -0.3 is 14.8 Å². The SMILES string of the molecule is CCNC(=NCc1ccc(S(=O)(=O)NC2CC2)cc1)N1CCC(C)C(n2ccnc2)C1. The average Bonchev–Trinajstić information content (AvgIpc) is 3.39. The third kappa shape index (κ3) is 5.46. The van der Waals surface area contributed by atoms with Crippen molar-refractivity contribution in [1.82, 2.24) is 24.5 Å². The van der Waals surface area contributed by atoms with Crippen LogP contribution in [0.3, 0.4) is 0 Å².